The van der Waals surface area contributed by atoms with Crippen LogP contribution in [0, 0.1) is 5.92 Å². The Morgan fingerprint density at radius 1 is 1.29 bits per heavy atom. The fraction of sp³-hybridized carbons (Fsp3) is 0.400. The number of carbonyl (C=O) groups excluding carboxylic acids is 1. The normalized spacial score (nSPS) is 11.0. The van der Waals surface area contributed by atoms with Gasteiger partial charge in [0.05, 0.1) is 0 Å². The topological polar surface area (TPSA) is 29.1 Å². The van der Waals surface area contributed by atoms with E-state index in [1.54, 1.807) is 0 Å². The van der Waals surface area contributed by atoms with Crippen LogP contribution in [0.15, 0.2) is 36.4 Å². The molecule has 1 rings (SSSR count). The lowest BCUT2D eigenvalue weighted by Gasteiger charge is -2.05. The summed E-state index contributed by atoms with van der Waals surface area (Å²) in [5.41, 5.74) is 1.20. The Bertz CT molecular complexity index is 354. The predicted molar refractivity (Wildman–Crippen MR) is 72.6 cm³/mol. The summed E-state index contributed by atoms with van der Waals surface area (Å²) in [6.07, 6.45) is 5.65. The number of benzene rings is 1. The van der Waals surface area contributed by atoms with Crippen LogP contribution in [0.3, 0.4) is 0 Å². The summed E-state index contributed by atoms with van der Waals surface area (Å²) in [4.78, 5) is 11.4. The van der Waals surface area contributed by atoms with Crippen LogP contribution in [0.4, 0.5) is 0 Å². The van der Waals surface area contributed by atoms with Gasteiger partial charge in [-0.3, -0.25) is 4.79 Å². The maximum atomic E-state index is 11.4. The van der Waals surface area contributed by atoms with E-state index in [4.69, 9.17) is 0 Å². The van der Waals surface area contributed by atoms with E-state index >= 15 is 0 Å². The molecule has 0 aliphatic rings. The third-order valence-electron chi connectivity index (χ3n) is 2.34. The molecule has 0 radical (unpaired) electrons. The minimum Gasteiger partial charge on any atom is -0.356 e. The lowest BCUT2D eigenvalue weighted by molar-refractivity contribution is -0.121. The molecule has 1 N–H and O–H groups in total. The van der Waals surface area contributed by atoms with Crippen molar-refractivity contribution in [2.45, 2.75) is 26.7 Å². The molecule has 2 heteroatoms. The third kappa shape index (κ3) is 6.56. The van der Waals surface area contributed by atoms with Gasteiger partial charge in [-0.05, 0) is 17.9 Å². The first-order valence-corrected chi connectivity index (χ1v) is 6.17. The van der Waals surface area contributed by atoms with Crippen molar-refractivity contribution < 1.29 is 4.79 Å². The third-order valence-corrected chi connectivity index (χ3v) is 2.34. The summed E-state index contributed by atoms with van der Waals surface area (Å²) in [5, 5.41) is 2.91. The standard InChI is InChI=1S/C15H21NO/c1-13(2)12-15(17)16-11-7-6-10-14-8-4-3-5-9-14/h3-6,8-10,13H,7,11-12H2,1-2H3,(H,16,17)/b10-6+. The molecule has 0 aromatic heterocycles. The summed E-state index contributed by atoms with van der Waals surface area (Å²) in [6.45, 7) is 4.82. The Balaban J connectivity index is 2.16. The zero-order valence-electron chi connectivity index (χ0n) is 10.6. The number of nitrogens with one attached hydrogen (secondary N) is 1. The SMILES string of the molecule is CC(C)CC(=O)NCC/C=C/c1ccccc1. The second-order valence-corrected chi connectivity index (χ2v) is 4.55. The van der Waals surface area contributed by atoms with Crippen molar-refractivity contribution in [3.8, 4) is 0 Å². The predicted octanol–water partition coefficient (Wildman–Crippen LogP) is 3.25. The highest BCUT2D eigenvalue weighted by molar-refractivity contribution is 5.76. The summed E-state index contributed by atoms with van der Waals surface area (Å²) in [6, 6.07) is 10.2. The Kier molecular flexibility index (Phi) is 6.08. The lowest BCUT2D eigenvalue weighted by Crippen LogP contribution is -2.25. The first-order chi connectivity index (χ1) is 8.18. The van der Waals surface area contributed by atoms with E-state index in [0.29, 0.717) is 12.3 Å². The molecule has 1 aromatic rings. The molecule has 0 bridgehead atoms. The van der Waals surface area contributed by atoms with E-state index in [9.17, 15) is 4.79 Å². The Morgan fingerprint density at radius 3 is 2.65 bits per heavy atom. The Labute approximate surface area is 104 Å². The van der Waals surface area contributed by atoms with Gasteiger partial charge in [0.1, 0.15) is 0 Å². The number of hydrogen-bond donors (Lipinski definition) is 1. The average molecular weight is 231 g/mol. The van der Waals surface area contributed by atoms with E-state index in [1.165, 1.54) is 5.56 Å². The van der Waals surface area contributed by atoms with E-state index in [0.717, 1.165) is 13.0 Å². The highest BCUT2D eigenvalue weighted by Crippen LogP contribution is 2.01. The van der Waals surface area contributed by atoms with Crippen molar-refractivity contribution in [2.75, 3.05) is 6.54 Å². The summed E-state index contributed by atoms with van der Waals surface area (Å²) in [7, 11) is 0. The van der Waals surface area contributed by atoms with Gasteiger partial charge in [0.15, 0.2) is 0 Å². The van der Waals surface area contributed by atoms with Gasteiger partial charge in [-0.2, -0.15) is 0 Å². The zero-order valence-corrected chi connectivity index (χ0v) is 10.6. The number of hydrogen-bond acceptors (Lipinski definition) is 1. The van der Waals surface area contributed by atoms with Crippen LogP contribution in [0.1, 0.15) is 32.3 Å². The molecule has 17 heavy (non-hydrogen) atoms. The molecule has 0 saturated heterocycles. The second kappa shape index (κ2) is 7.66. The minimum absolute atomic E-state index is 0.146. The molecule has 0 atom stereocenters. The monoisotopic (exact) mass is 231 g/mol. The summed E-state index contributed by atoms with van der Waals surface area (Å²) < 4.78 is 0. The molecule has 0 fully saturated rings. The summed E-state index contributed by atoms with van der Waals surface area (Å²) >= 11 is 0. The fourth-order valence-electron chi connectivity index (χ4n) is 1.52. The number of carbonyl (C=O) groups is 1. The Morgan fingerprint density at radius 2 is 2.00 bits per heavy atom. The van der Waals surface area contributed by atoms with Crippen LogP contribution in [-0.2, 0) is 4.79 Å². The molecule has 0 saturated carbocycles. The van der Waals surface area contributed by atoms with Crippen molar-refractivity contribution in [3.05, 3.63) is 42.0 Å². The van der Waals surface area contributed by atoms with E-state index in [-0.39, 0.29) is 5.91 Å². The maximum Gasteiger partial charge on any atom is 0.220 e. The van der Waals surface area contributed by atoms with E-state index in [2.05, 4.69) is 43.4 Å². The van der Waals surface area contributed by atoms with E-state index in [1.807, 2.05) is 18.2 Å². The first kappa shape index (κ1) is 13.5. The molecule has 0 aliphatic heterocycles. The number of amides is 1. The van der Waals surface area contributed by atoms with Gasteiger partial charge >= 0.3 is 0 Å². The molecule has 1 amide bonds. The van der Waals surface area contributed by atoms with Crippen molar-refractivity contribution in [2.24, 2.45) is 5.92 Å². The van der Waals surface area contributed by atoms with Gasteiger partial charge in [-0.25, -0.2) is 0 Å². The molecule has 0 spiro atoms. The zero-order chi connectivity index (χ0) is 12.5. The average Bonchev–Trinajstić information content (AvgIpc) is 2.29. The van der Waals surface area contributed by atoms with Crippen LogP contribution < -0.4 is 5.32 Å². The molecule has 0 unspecified atom stereocenters. The second-order valence-electron chi connectivity index (χ2n) is 4.55. The van der Waals surface area contributed by atoms with Crippen LogP contribution in [0.2, 0.25) is 0 Å². The fourth-order valence-corrected chi connectivity index (χ4v) is 1.52. The Hall–Kier alpha value is -1.57. The van der Waals surface area contributed by atoms with Crippen molar-refractivity contribution >= 4 is 12.0 Å². The summed E-state index contributed by atoms with van der Waals surface area (Å²) in [5.74, 6) is 0.572. The maximum absolute atomic E-state index is 11.4. The van der Waals surface area contributed by atoms with Crippen molar-refractivity contribution in [3.63, 3.8) is 0 Å². The van der Waals surface area contributed by atoms with Crippen LogP contribution in [-0.4, -0.2) is 12.5 Å². The minimum atomic E-state index is 0.146. The molecule has 0 heterocycles. The van der Waals surface area contributed by atoms with Gasteiger partial charge in [0, 0.05) is 13.0 Å². The van der Waals surface area contributed by atoms with Crippen molar-refractivity contribution in [1.82, 2.24) is 5.32 Å². The van der Waals surface area contributed by atoms with Gasteiger partial charge in [0.25, 0.3) is 0 Å². The molecular weight excluding hydrogens is 210 g/mol. The van der Waals surface area contributed by atoms with Gasteiger partial charge in [0.2, 0.25) is 5.91 Å². The van der Waals surface area contributed by atoms with Gasteiger partial charge < -0.3 is 5.32 Å². The van der Waals surface area contributed by atoms with Crippen LogP contribution in [0.25, 0.3) is 6.08 Å². The molecular formula is C15H21NO. The molecule has 0 aliphatic carbocycles. The van der Waals surface area contributed by atoms with Gasteiger partial charge in [-0.15, -0.1) is 0 Å². The molecule has 2 nitrogen and oxygen atoms in total. The van der Waals surface area contributed by atoms with Crippen molar-refractivity contribution in [1.29, 1.82) is 0 Å². The smallest absolute Gasteiger partial charge is 0.220 e. The highest BCUT2D eigenvalue weighted by Gasteiger charge is 2.02. The highest BCUT2D eigenvalue weighted by atomic mass is 16.1. The lowest BCUT2D eigenvalue weighted by atomic mass is 10.1. The quantitative estimate of drug-likeness (QED) is 0.748. The molecule has 1 aromatic carbocycles. The number of rotatable bonds is 6. The van der Waals surface area contributed by atoms with E-state index < -0.39 is 0 Å². The largest absolute Gasteiger partial charge is 0.356 e. The van der Waals surface area contributed by atoms with Crippen LogP contribution in [0.5, 0.6) is 0 Å². The van der Waals surface area contributed by atoms with Crippen LogP contribution >= 0.6 is 0 Å². The first-order valence-electron chi connectivity index (χ1n) is 6.17. The molecule has 92 valence electrons. The van der Waals surface area contributed by atoms with Gasteiger partial charge in [-0.1, -0.05) is 56.3 Å².